The van der Waals surface area contributed by atoms with E-state index in [1.807, 2.05) is 6.92 Å². The molecule has 17 heavy (non-hydrogen) atoms. The summed E-state index contributed by atoms with van der Waals surface area (Å²) in [5.41, 5.74) is -0.0275. The Kier molecular flexibility index (Phi) is 3.43. The molecule has 0 atom stereocenters. The van der Waals surface area contributed by atoms with E-state index in [9.17, 15) is 8.78 Å². The molecule has 0 saturated heterocycles. The van der Waals surface area contributed by atoms with Crippen molar-refractivity contribution in [1.29, 1.82) is 0 Å². The van der Waals surface area contributed by atoms with Crippen LogP contribution in [0.25, 0.3) is 11.5 Å². The molecule has 0 spiro atoms. The summed E-state index contributed by atoms with van der Waals surface area (Å²) < 4.78 is 31.3. The van der Waals surface area contributed by atoms with Crippen molar-refractivity contribution in [2.24, 2.45) is 0 Å². The van der Waals surface area contributed by atoms with Crippen LogP contribution in [0.2, 0.25) is 0 Å². The maximum Gasteiger partial charge on any atom is 0.261 e. The summed E-state index contributed by atoms with van der Waals surface area (Å²) >= 11 is 0. The Balaban J connectivity index is 2.27. The van der Waals surface area contributed by atoms with Gasteiger partial charge in [0, 0.05) is 0 Å². The van der Waals surface area contributed by atoms with E-state index in [4.69, 9.17) is 4.52 Å². The zero-order chi connectivity index (χ0) is 12.3. The lowest BCUT2D eigenvalue weighted by atomic mass is 10.2. The minimum Gasteiger partial charge on any atom is -0.334 e. The Hall–Kier alpha value is -1.82. The molecule has 0 aliphatic rings. The third-order valence-corrected chi connectivity index (χ3v) is 2.16. The fourth-order valence-corrected chi connectivity index (χ4v) is 1.33. The van der Waals surface area contributed by atoms with E-state index in [0.717, 1.165) is 24.7 Å². The van der Waals surface area contributed by atoms with Gasteiger partial charge in [0.25, 0.3) is 5.89 Å². The third kappa shape index (κ3) is 2.65. The number of nitrogens with one attached hydrogen (secondary N) is 1. The molecule has 0 unspecified atom stereocenters. The number of aromatic nitrogens is 2. The molecule has 2 aromatic rings. The fraction of sp³-hybridized carbons (Fsp3) is 0.273. The molecule has 0 amide bonds. The molecule has 90 valence electrons. The van der Waals surface area contributed by atoms with Gasteiger partial charge in [0.05, 0.1) is 12.1 Å². The van der Waals surface area contributed by atoms with Crippen molar-refractivity contribution in [3.63, 3.8) is 0 Å². The SMILES string of the molecule is CCNCc1noc(-c2cc(F)ccc2F)n1. The molecule has 0 radical (unpaired) electrons. The van der Waals surface area contributed by atoms with Gasteiger partial charge in [-0.3, -0.25) is 0 Å². The van der Waals surface area contributed by atoms with Gasteiger partial charge in [0.1, 0.15) is 11.6 Å². The minimum atomic E-state index is -0.593. The molecule has 1 N–H and O–H groups in total. The molecule has 4 nitrogen and oxygen atoms in total. The smallest absolute Gasteiger partial charge is 0.261 e. The molecule has 0 bridgehead atoms. The van der Waals surface area contributed by atoms with Crippen LogP contribution in [0.1, 0.15) is 12.7 Å². The van der Waals surface area contributed by atoms with Gasteiger partial charge in [-0.1, -0.05) is 12.1 Å². The molecule has 1 aromatic carbocycles. The highest BCUT2D eigenvalue weighted by Gasteiger charge is 2.13. The summed E-state index contributed by atoms with van der Waals surface area (Å²) in [5, 5.41) is 6.67. The first-order valence-corrected chi connectivity index (χ1v) is 5.19. The summed E-state index contributed by atoms with van der Waals surface area (Å²) in [5.74, 6) is -0.752. The lowest BCUT2D eigenvalue weighted by molar-refractivity contribution is 0.417. The average Bonchev–Trinajstić information content (AvgIpc) is 2.78. The summed E-state index contributed by atoms with van der Waals surface area (Å²) in [6.45, 7) is 3.13. The highest BCUT2D eigenvalue weighted by Crippen LogP contribution is 2.21. The molecular weight excluding hydrogens is 228 g/mol. The van der Waals surface area contributed by atoms with Gasteiger partial charge < -0.3 is 9.84 Å². The zero-order valence-corrected chi connectivity index (χ0v) is 9.20. The van der Waals surface area contributed by atoms with Gasteiger partial charge in [-0.15, -0.1) is 0 Å². The third-order valence-electron chi connectivity index (χ3n) is 2.16. The fourth-order valence-electron chi connectivity index (χ4n) is 1.33. The van der Waals surface area contributed by atoms with E-state index in [2.05, 4.69) is 15.5 Å². The van der Waals surface area contributed by atoms with Crippen molar-refractivity contribution >= 4 is 0 Å². The monoisotopic (exact) mass is 239 g/mol. The topological polar surface area (TPSA) is 51.0 Å². The predicted octanol–water partition coefficient (Wildman–Crippen LogP) is 2.12. The zero-order valence-electron chi connectivity index (χ0n) is 9.20. The molecule has 2 rings (SSSR count). The van der Waals surface area contributed by atoms with Crippen LogP contribution in [0.5, 0.6) is 0 Å². The molecule has 6 heteroatoms. The van der Waals surface area contributed by atoms with Crippen molar-refractivity contribution in [3.8, 4) is 11.5 Å². The van der Waals surface area contributed by atoms with Gasteiger partial charge in [0.15, 0.2) is 5.82 Å². The molecule has 1 aromatic heterocycles. The molecule has 0 aliphatic carbocycles. The van der Waals surface area contributed by atoms with Crippen LogP contribution in [0.4, 0.5) is 8.78 Å². The second-order valence-corrected chi connectivity index (χ2v) is 3.42. The molecule has 0 aliphatic heterocycles. The number of nitrogens with zero attached hydrogens (tertiary/aromatic N) is 2. The van der Waals surface area contributed by atoms with Crippen LogP contribution < -0.4 is 5.32 Å². The van der Waals surface area contributed by atoms with Crippen molar-refractivity contribution < 1.29 is 13.3 Å². The van der Waals surface area contributed by atoms with E-state index < -0.39 is 11.6 Å². The summed E-state index contributed by atoms with van der Waals surface area (Å²) in [6.07, 6.45) is 0. The van der Waals surface area contributed by atoms with Gasteiger partial charge in [0.2, 0.25) is 0 Å². The molecule has 0 fully saturated rings. The standard InChI is InChI=1S/C11H11F2N3O/c1-2-14-6-10-15-11(17-16-10)8-5-7(12)3-4-9(8)13/h3-5,14H,2,6H2,1H3. The number of hydrogen-bond donors (Lipinski definition) is 1. The van der Waals surface area contributed by atoms with Crippen molar-refractivity contribution in [2.75, 3.05) is 6.54 Å². The van der Waals surface area contributed by atoms with E-state index in [-0.39, 0.29) is 11.5 Å². The first kappa shape index (κ1) is 11.7. The van der Waals surface area contributed by atoms with Crippen molar-refractivity contribution in [3.05, 3.63) is 35.7 Å². The Morgan fingerprint density at radius 3 is 2.94 bits per heavy atom. The number of rotatable bonds is 4. The first-order chi connectivity index (χ1) is 8.20. The highest BCUT2D eigenvalue weighted by atomic mass is 19.1. The van der Waals surface area contributed by atoms with Gasteiger partial charge >= 0.3 is 0 Å². The van der Waals surface area contributed by atoms with Crippen LogP contribution in [0.15, 0.2) is 22.7 Å². The highest BCUT2D eigenvalue weighted by molar-refractivity contribution is 5.53. The minimum absolute atomic E-state index is 0.0186. The normalized spacial score (nSPS) is 10.8. The molecular formula is C11H11F2N3O. The summed E-state index contributed by atoms with van der Waals surface area (Å²) in [4.78, 5) is 3.97. The van der Waals surface area contributed by atoms with Gasteiger partial charge in [-0.05, 0) is 24.7 Å². The van der Waals surface area contributed by atoms with E-state index in [0.29, 0.717) is 12.4 Å². The average molecular weight is 239 g/mol. The van der Waals surface area contributed by atoms with E-state index in [1.54, 1.807) is 0 Å². The summed E-state index contributed by atoms with van der Waals surface area (Å²) in [7, 11) is 0. The largest absolute Gasteiger partial charge is 0.334 e. The van der Waals surface area contributed by atoms with Crippen LogP contribution in [-0.2, 0) is 6.54 Å². The quantitative estimate of drug-likeness (QED) is 0.887. The maximum absolute atomic E-state index is 13.4. The Morgan fingerprint density at radius 1 is 1.35 bits per heavy atom. The Morgan fingerprint density at radius 2 is 2.18 bits per heavy atom. The second-order valence-electron chi connectivity index (χ2n) is 3.42. The maximum atomic E-state index is 13.4. The number of hydrogen-bond acceptors (Lipinski definition) is 4. The van der Waals surface area contributed by atoms with E-state index in [1.165, 1.54) is 0 Å². The van der Waals surface area contributed by atoms with Crippen LogP contribution in [0, 0.1) is 11.6 Å². The summed E-state index contributed by atoms with van der Waals surface area (Å²) in [6, 6.07) is 3.09. The van der Waals surface area contributed by atoms with E-state index >= 15 is 0 Å². The number of halogens is 2. The predicted molar refractivity (Wildman–Crippen MR) is 57.0 cm³/mol. The second kappa shape index (κ2) is 5.01. The van der Waals surface area contributed by atoms with Crippen LogP contribution >= 0.6 is 0 Å². The lowest BCUT2D eigenvalue weighted by Gasteiger charge is -1.96. The van der Waals surface area contributed by atoms with Crippen molar-refractivity contribution in [1.82, 2.24) is 15.5 Å². The molecule has 0 saturated carbocycles. The van der Waals surface area contributed by atoms with Crippen molar-refractivity contribution in [2.45, 2.75) is 13.5 Å². The van der Waals surface area contributed by atoms with Crippen LogP contribution in [0.3, 0.4) is 0 Å². The van der Waals surface area contributed by atoms with Gasteiger partial charge in [-0.25, -0.2) is 8.78 Å². The number of benzene rings is 1. The van der Waals surface area contributed by atoms with Gasteiger partial charge in [-0.2, -0.15) is 4.98 Å². The first-order valence-electron chi connectivity index (χ1n) is 5.19. The Bertz CT molecular complexity index is 513. The van der Waals surface area contributed by atoms with Crippen LogP contribution in [-0.4, -0.2) is 16.7 Å². The Labute approximate surface area is 96.6 Å². The molecule has 1 heterocycles. The lowest BCUT2D eigenvalue weighted by Crippen LogP contribution is -2.12.